The molecule has 0 aromatic carbocycles. The standard InChI is InChI=1S/C5H9NOS2/c1-6(2)4-3-8-9-5(4)7/h4H,3H2,1-2H3. The highest BCUT2D eigenvalue weighted by Crippen LogP contribution is 2.33. The minimum absolute atomic E-state index is 0.153. The fourth-order valence-corrected chi connectivity index (χ4v) is 3.19. The Bertz CT molecular complexity index is 126. The molecule has 0 amide bonds. The molecule has 52 valence electrons. The first-order valence-corrected chi connectivity index (χ1v) is 5.03. The molecule has 0 aromatic rings. The zero-order valence-corrected chi connectivity index (χ0v) is 7.09. The van der Waals surface area contributed by atoms with Gasteiger partial charge in [0.25, 0.3) is 0 Å². The topological polar surface area (TPSA) is 20.3 Å². The van der Waals surface area contributed by atoms with Gasteiger partial charge >= 0.3 is 0 Å². The molecule has 1 rings (SSSR count). The summed E-state index contributed by atoms with van der Waals surface area (Å²) < 4.78 is 0. The van der Waals surface area contributed by atoms with E-state index in [1.807, 2.05) is 19.0 Å². The maximum Gasteiger partial charge on any atom is 0.217 e. The molecule has 0 radical (unpaired) electrons. The molecule has 4 heteroatoms. The second-order valence-electron chi connectivity index (χ2n) is 2.17. The summed E-state index contributed by atoms with van der Waals surface area (Å²) in [7, 11) is 6.89. The average Bonchev–Trinajstić information content (AvgIpc) is 2.13. The van der Waals surface area contributed by atoms with Crippen LogP contribution in [0.2, 0.25) is 0 Å². The fourth-order valence-electron chi connectivity index (χ4n) is 0.640. The van der Waals surface area contributed by atoms with Crippen LogP contribution in [0.15, 0.2) is 0 Å². The lowest BCUT2D eigenvalue weighted by Gasteiger charge is -2.14. The van der Waals surface area contributed by atoms with Gasteiger partial charge in [0.05, 0.1) is 6.04 Å². The lowest BCUT2D eigenvalue weighted by molar-refractivity contribution is -0.113. The van der Waals surface area contributed by atoms with Crippen LogP contribution < -0.4 is 0 Å². The maximum absolute atomic E-state index is 10.9. The summed E-state index contributed by atoms with van der Waals surface area (Å²) in [6.45, 7) is 0. The Hall–Kier alpha value is 0.330. The maximum atomic E-state index is 10.9. The molecule has 1 aliphatic rings. The smallest absolute Gasteiger partial charge is 0.217 e. The summed E-state index contributed by atoms with van der Waals surface area (Å²) in [4.78, 5) is 12.9. The molecule has 0 bridgehead atoms. The molecule has 1 fully saturated rings. The highest BCUT2D eigenvalue weighted by molar-refractivity contribution is 8.83. The Balaban J connectivity index is 2.49. The molecular formula is C5H9NOS2. The quantitative estimate of drug-likeness (QED) is 0.533. The number of nitrogens with zero attached hydrogens (tertiary/aromatic N) is 1. The van der Waals surface area contributed by atoms with Gasteiger partial charge in [0, 0.05) is 5.75 Å². The number of hydrogen-bond donors (Lipinski definition) is 0. The largest absolute Gasteiger partial charge is 0.298 e. The van der Waals surface area contributed by atoms with Crippen LogP contribution in [-0.2, 0) is 4.79 Å². The van der Waals surface area contributed by atoms with Crippen molar-refractivity contribution in [2.24, 2.45) is 0 Å². The van der Waals surface area contributed by atoms with E-state index in [0.29, 0.717) is 5.12 Å². The lowest BCUT2D eigenvalue weighted by Crippen LogP contribution is -2.32. The van der Waals surface area contributed by atoms with Crippen molar-refractivity contribution in [1.29, 1.82) is 0 Å². The van der Waals surface area contributed by atoms with E-state index in [1.165, 1.54) is 10.8 Å². The highest BCUT2D eigenvalue weighted by Gasteiger charge is 2.27. The van der Waals surface area contributed by atoms with Crippen molar-refractivity contribution in [2.45, 2.75) is 6.04 Å². The third-order valence-corrected chi connectivity index (χ3v) is 3.52. The summed E-state index contributed by atoms with van der Waals surface area (Å²) in [5.74, 6) is 0.941. The second-order valence-corrected chi connectivity index (χ2v) is 4.51. The van der Waals surface area contributed by atoms with Crippen LogP contribution in [-0.4, -0.2) is 35.9 Å². The van der Waals surface area contributed by atoms with Crippen molar-refractivity contribution >= 4 is 26.7 Å². The van der Waals surface area contributed by atoms with Crippen LogP contribution in [0.3, 0.4) is 0 Å². The molecule has 1 heterocycles. The zero-order valence-electron chi connectivity index (χ0n) is 5.46. The van der Waals surface area contributed by atoms with E-state index in [2.05, 4.69) is 0 Å². The number of likely N-dealkylation sites (N-methyl/N-ethyl adjacent to an activating group) is 1. The summed E-state index contributed by atoms with van der Waals surface area (Å²) in [5.41, 5.74) is 0. The Morgan fingerprint density at radius 3 is 2.56 bits per heavy atom. The van der Waals surface area contributed by atoms with Gasteiger partial charge in [-0.3, -0.25) is 9.69 Å². The van der Waals surface area contributed by atoms with Crippen LogP contribution in [0.1, 0.15) is 0 Å². The average molecular weight is 163 g/mol. The molecule has 0 aliphatic carbocycles. The van der Waals surface area contributed by atoms with Gasteiger partial charge in [-0.25, -0.2) is 0 Å². The normalized spacial score (nSPS) is 27.9. The first-order valence-electron chi connectivity index (χ1n) is 2.71. The molecule has 1 saturated heterocycles. The molecule has 2 nitrogen and oxygen atoms in total. The number of carbonyl (C=O) groups excluding carboxylic acids is 1. The van der Waals surface area contributed by atoms with Crippen molar-refractivity contribution < 1.29 is 4.79 Å². The van der Waals surface area contributed by atoms with E-state index in [4.69, 9.17) is 0 Å². The van der Waals surface area contributed by atoms with E-state index in [1.54, 1.807) is 10.8 Å². The van der Waals surface area contributed by atoms with Gasteiger partial charge < -0.3 is 0 Å². The summed E-state index contributed by atoms with van der Waals surface area (Å²) in [5, 5.41) is 0.296. The van der Waals surface area contributed by atoms with E-state index in [-0.39, 0.29) is 6.04 Å². The highest BCUT2D eigenvalue weighted by atomic mass is 33.1. The van der Waals surface area contributed by atoms with Gasteiger partial charge in [0.1, 0.15) is 0 Å². The zero-order chi connectivity index (χ0) is 6.85. The molecule has 0 saturated carbocycles. The first-order chi connectivity index (χ1) is 4.22. The van der Waals surface area contributed by atoms with Crippen LogP contribution in [0.5, 0.6) is 0 Å². The summed E-state index contributed by atoms with van der Waals surface area (Å²) in [6, 6.07) is 0.153. The molecular weight excluding hydrogens is 154 g/mol. The fraction of sp³-hybridized carbons (Fsp3) is 0.800. The molecule has 0 N–H and O–H groups in total. The van der Waals surface area contributed by atoms with E-state index in [0.717, 1.165) is 5.75 Å². The van der Waals surface area contributed by atoms with Gasteiger partial charge in [0.2, 0.25) is 5.12 Å². The second kappa shape index (κ2) is 2.94. The van der Waals surface area contributed by atoms with Crippen LogP contribution in [0, 0.1) is 0 Å². The Morgan fingerprint density at radius 1 is 1.67 bits per heavy atom. The molecule has 9 heavy (non-hydrogen) atoms. The minimum atomic E-state index is 0.153. The Kier molecular flexibility index (Phi) is 2.43. The van der Waals surface area contributed by atoms with Gasteiger partial charge in [-0.05, 0) is 24.9 Å². The molecule has 1 atom stereocenters. The molecule has 0 aromatic heterocycles. The van der Waals surface area contributed by atoms with Crippen LogP contribution in [0.25, 0.3) is 0 Å². The third kappa shape index (κ3) is 1.63. The van der Waals surface area contributed by atoms with Crippen molar-refractivity contribution in [1.82, 2.24) is 4.90 Å². The van der Waals surface area contributed by atoms with Gasteiger partial charge in [0.15, 0.2) is 0 Å². The van der Waals surface area contributed by atoms with Gasteiger partial charge in [-0.2, -0.15) is 0 Å². The first kappa shape index (κ1) is 7.44. The van der Waals surface area contributed by atoms with Crippen molar-refractivity contribution in [2.75, 3.05) is 19.8 Å². The van der Waals surface area contributed by atoms with Crippen LogP contribution in [0.4, 0.5) is 0 Å². The van der Waals surface area contributed by atoms with E-state index >= 15 is 0 Å². The molecule has 1 unspecified atom stereocenters. The number of hydrogen-bond acceptors (Lipinski definition) is 4. The summed E-state index contributed by atoms with van der Waals surface area (Å²) >= 11 is 0. The lowest BCUT2D eigenvalue weighted by atomic mass is 10.3. The predicted molar refractivity (Wildman–Crippen MR) is 42.5 cm³/mol. The number of rotatable bonds is 1. The number of carbonyl (C=O) groups is 1. The summed E-state index contributed by atoms with van der Waals surface area (Å²) in [6.07, 6.45) is 0. The third-order valence-electron chi connectivity index (χ3n) is 1.26. The minimum Gasteiger partial charge on any atom is -0.298 e. The van der Waals surface area contributed by atoms with Crippen molar-refractivity contribution in [3.8, 4) is 0 Å². The Morgan fingerprint density at radius 2 is 2.33 bits per heavy atom. The SMILES string of the molecule is CN(C)C1CSSC1=O. The Labute approximate surface area is 62.8 Å². The van der Waals surface area contributed by atoms with E-state index in [9.17, 15) is 4.79 Å². The predicted octanol–water partition coefficient (Wildman–Crippen LogP) is 0.838. The monoisotopic (exact) mass is 163 g/mol. The van der Waals surface area contributed by atoms with Crippen LogP contribution >= 0.6 is 21.6 Å². The van der Waals surface area contributed by atoms with Crippen molar-refractivity contribution in [3.63, 3.8) is 0 Å². The van der Waals surface area contributed by atoms with Gasteiger partial charge in [-0.1, -0.05) is 10.8 Å². The molecule has 1 aliphatic heterocycles. The van der Waals surface area contributed by atoms with Gasteiger partial charge in [-0.15, -0.1) is 0 Å². The molecule has 0 spiro atoms. The van der Waals surface area contributed by atoms with E-state index < -0.39 is 0 Å². The van der Waals surface area contributed by atoms with Crippen molar-refractivity contribution in [3.05, 3.63) is 0 Å².